The summed E-state index contributed by atoms with van der Waals surface area (Å²) in [5, 5.41) is 0. The van der Waals surface area contributed by atoms with Gasteiger partial charge in [-0.05, 0) is 0 Å². The molecule has 1 aliphatic rings. The Hall–Kier alpha value is 0.598. The first-order valence-electron chi connectivity index (χ1n) is 8.08. The molecule has 0 aliphatic heterocycles. The second kappa shape index (κ2) is 28.7. The number of halogens is 1. The molecule has 0 saturated heterocycles. The van der Waals surface area contributed by atoms with Crippen LogP contribution in [-0.2, 0) is 0 Å². The fraction of sp³-hybridized carbons (Fsp3) is 0.722. The maximum absolute atomic E-state index is 12.2. The molecule has 0 atom stereocenters. The first-order chi connectivity index (χ1) is 9.53. The standard InChI is InChI=1S/C6H5FSe.3C4H10.Sn/c7-5-1-3-6(8)4-2-5;3*1-3-4-2;/h1-5H;3*3-4H2,1-2H3;. The van der Waals surface area contributed by atoms with Gasteiger partial charge in [-0.1, -0.05) is 80.1 Å². The van der Waals surface area contributed by atoms with Gasteiger partial charge in [0, 0.05) is 23.9 Å². The van der Waals surface area contributed by atoms with Crippen LogP contribution in [0.15, 0.2) is 24.3 Å². The fourth-order valence-corrected chi connectivity index (χ4v) is 0.823. The Morgan fingerprint density at radius 3 is 1.14 bits per heavy atom. The Bertz CT molecular complexity index is 206. The van der Waals surface area contributed by atoms with Gasteiger partial charge in [0.25, 0.3) is 0 Å². The van der Waals surface area contributed by atoms with E-state index < -0.39 is 6.17 Å². The van der Waals surface area contributed by atoms with Crippen molar-refractivity contribution < 1.29 is 4.39 Å². The van der Waals surface area contributed by atoms with Crippen molar-refractivity contribution in [2.24, 2.45) is 0 Å². The van der Waals surface area contributed by atoms with Crippen molar-refractivity contribution in [2.45, 2.75) is 86.2 Å². The van der Waals surface area contributed by atoms with Crippen LogP contribution in [-0.4, -0.2) is 50.1 Å². The molecule has 0 amide bonds. The van der Waals surface area contributed by atoms with Crippen LogP contribution in [0.25, 0.3) is 0 Å². The summed E-state index contributed by atoms with van der Waals surface area (Å²) in [7, 11) is 0. The summed E-state index contributed by atoms with van der Waals surface area (Å²) < 4.78 is 13.1. The van der Waals surface area contributed by atoms with Crippen LogP contribution in [0.1, 0.15) is 80.1 Å². The number of allylic oxidation sites excluding steroid dienone is 4. The molecule has 0 bridgehead atoms. The van der Waals surface area contributed by atoms with E-state index in [4.69, 9.17) is 0 Å². The Labute approximate surface area is 158 Å². The third-order valence-corrected chi connectivity index (χ3v) is 2.96. The van der Waals surface area contributed by atoms with Gasteiger partial charge in [0.1, 0.15) is 0 Å². The van der Waals surface area contributed by atoms with Gasteiger partial charge in [-0.2, -0.15) is 0 Å². The van der Waals surface area contributed by atoms with Gasteiger partial charge in [0.2, 0.25) is 0 Å². The van der Waals surface area contributed by atoms with E-state index >= 15 is 0 Å². The number of alkyl halides is 1. The predicted molar refractivity (Wildman–Crippen MR) is 101 cm³/mol. The average molecular weight is 468 g/mol. The van der Waals surface area contributed by atoms with Crippen LogP contribution in [0.3, 0.4) is 0 Å². The fourth-order valence-electron chi connectivity index (χ4n) is 0.493. The largest absolute Gasteiger partial charge is 0 e. The molecule has 0 aromatic carbocycles. The van der Waals surface area contributed by atoms with Crippen molar-refractivity contribution in [3.63, 3.8) is 0 Å². The molecule has 0 heterocycles. The van der Waals surface area contributed by atoms with E-state index in [2.05, 4.69) is 57.1 Å². The van der Waals surface area contributed by atoms with E-state index in [0.29, 0.717) is 0 Å². The van der Waals surface area contributed by atoms with E-state index in [0.717, 1.165) is 4.42 Å². The van der Waals surface area contributed by atoms with Crippen LogP contribution < -0.4 is 0 Å². The molecule has 0 aromatic rings. The molecule has 21 heavy (non-hydrogen) atoms. The van der Waals surface area contributed by atoms with Gasteiger partial charge in [0.15, 0.2) is 0 Å². The quantitative estimate of drug-likeness (QED) is 0.458. The monoisotopic (exact) mass is 470 g/mol. The summed E-state index contributed by atoms with van der Waals surface area (Å²) in [6, 6.07) is 0. The van der Waals surface area contributed by atoms with Crippen molar-refractivity contribution in [3.8, 4) is 0 Å². The van der Waals surface area contributed by atoms with E-state index in [-0.39, 0.29) is 23.9 Å². The van der Waals surface area contributed by atoms with Crippen molar-refractivity contribution >= 4 is 43.9 Å². The Balaban J connectivity index is -0.0000000973. The normalized spacial score (nSPS) is 11.9. The maximum atomic E-state index is 12.2. The molecule has 0 saturated carbocycles. The SMILES string of the molecule is CCCC.CCCC.CCCC.FC1C=CC(=[Se])C=C1.[Sn]. The van der Waals surface area contributed by atoms with Crippen molar-refractivity contribution in [3.05, 3.63) is 24.3 Å². The van der Waals surface area contributed by atoms with Crippen molar-refractivity contribution in [1.82, 2.24) is 0 Å². The predicted octanol–water partition coefficient (Wildman–Crippen LogP) is 5.83. The topological polar surface area (TPSA) is 0 Å². The van der Waals surface area contributed by atoms with Gasteiger partial charge >= 0.3 is 54.9 Å². The van der Waals surface area contributed by atoms with Crippen LogP contribution in [0.4, 0.5) is 4.39 Å². The summed E-state index contributed by atoms with van der Waals surface area (Å²) in [6.07, 6.45) is 13.5. The molecule has 0 fully saturated rings. The third-order valence-electron chi connectivity index (χ3n) is 2.39. The molecule has 124 valence electrons. The number of unbranched alkanes of at least 4 members (excludes halogenated alkanes) is 3. The molecular formula is C18H35FSeSn. The molecule has 0 nitrogen and oxygen atoms in total. The second-order valence-electron chi connectivity index (χ2n) is 4.57. The van der Waals surface area contributed by atoms with Crippen molar-refractivity contribution in [1.29, 1.82) is 0 Å². The zero-order chi connectivity index (χ0) is 16.2. The van der Waals surface area contributed by atoms with Crippen LogP contribution >= 0.6 is 0 Å². The minimum Gasteiger partial charge on any atom is 0 e. The average Bonchev–Trinajstić information content (AvgIpc) is 2.51. The van der Waals surface area contributed by atoms with E-state index in [1.54, 1.807) is 12.2 Å². The summed E-state index contributed by atoms with van der Waals surface area (Å²) in [5.41, 5.74) is 0. The van der Waals surface area contributed by atoms with E-state index in [1.807, 2.05) is 0 Å². The number of hydrogen-bond acceptors (Lipinski definition) is 0. The van der Waals surface area contributed by atoms with Crippen LogP contribution in [0.2, 0.25) is 0 Å². The number of rotatable bonds is 3. The molecule has 0 unspecified atom stereocenters. The molecular weight excluding hydrogens is 433 g/mol. The number of hydrogen-bond donors (Lipinski definition) is 0. The smallest absolute Gasteiger partial charge is 0 e. The van der Waals surface area contributed by atoms with Gasteiger partial charge in [-0.15, -0.1) is 0 Å². The van der Waals surface area contributed by atoms with Crippen molar-refractivity contribution in [2.75, 3.05) is 0 Å². The van der Waals surface area contributed by atoms with Crippen LogP contribution in [0.5, 0.6) is 0 Å². The zero-order valence-electron chi connectivity index (χ0n) is 14.9. The molecule has 4 radical (unpaired) electrons. The first kappa shape index (κ1) is 29.6. The summed E-state index contributed by atoms with van der Waals surface area (Å²) >= 11 is 2.78. The molecule has 0 aromatic heterocycles. The molecule has 3 heteroatoms. The Kier molecular flexibility index (Phi) is 40.5. The molecule has 0 spiro atoms. The summed E-state index contributed by atoms with van der Waals surface area (Å²) in [4.78, 5) is 0. The molecule has 1 rings (SSSR count). The van der Waals surface area contributed by atoms with E-state index in [9.17, 15) is 4.39 Å². The van der Waals surface area contributed by atoms with Gasteiger partial charge < -0.3 is 0 Å². The molecule has 0 N–H and O–H groups in total. The van der Waals surface area contributed by atoms with E-state index in [1.165, 1.54) is 50.7 Å². The third kappa shape index (κ3) is 38.5. The zero-order valence-corrected chi connectivity index (χ0v) is 19.5. The minimum atomic E-state index is -0.882. The summed E-state index contributed by atoms with van der Waals surface area (Å²) in [5.74, 6) is 0. The Morgan fingerprint density at radius 2 is 1.00 bits per heavy atom. The second-order valence-corrected chi connectivity index (χ2v) is 5.55. The van der Waals surface area contributed by atoms with Gasteiger partial charge in [0.05, 0.1) is 0 Å². The maximum Gasteiger partial charge on any atom is 0 e. The summed E-state index contributed by atoms with van der Waals surface area (Å²) in [6.45, 7) is 13.1. The van der Waals surface area contributed by atoms with Crippen LogP contribution in [0, 0.1) is 0 Å². The van der Waals surface area contributed by atoms with Gasteiger partial charge in [-0.3, -0.25) is 0 Å². The molecule has 1 aliphatic carbocycles. The first-order valence-corrected chi connectivity index (χ1v) is 8.93. The Morgan fingerprint density at radius 1 is 0.762 bits per heavy atom. The van der Waals surface area contributed by atoms with Gasteiger partial charge in [-0.25, -0.2) is 0 Å². The minimum absolute atomic E-state index is 0.